The highest BCUT2D eigenvalue weighted by Crippen LogP contribution is 2.39. The minimum atomic E-state index is -0.670. The number of fused-ring (bicyclic) bond motifs is 1. The van der Waals surface area contributed by atoms with Crippen molar-refractivity contribution in [2.45, 2.75) is 32.2 Å². The fourth-order valence-electron chi connectivity index (χ4n) is 4.19. The van der Waals surface area contributed by atoms with Crippen molar-refractivity contribution >= 4 is 28.1 Å². The summed E-state index contributed by atoms with van der Waals surface area (Å²) in [6.45, 7) is 3.74. The van der Waals surface area contributed by atoms with Gasteiger partial charge in [0.25, 0.3) is 0 Å². The molecule has 0 amide bonds. The van der Waals surface area contributed by atoms with E-state index in [2.05, 4.69) is 66.4 Å². The van der Waals surface area contributed by atoms with Crippen LogP contribution in [0.1, 0.15) is 41.1 Å². The second kappa shape index (κ2) is 7.83. The summed E-state index contributed by atoms with van der Waals surface area (Å²) in [5.74, 6) is -0.946. The number of carboxylic acids is 1. The molecule has 140 valence electrons. The topological polar surface area (TPSA) is 40.5 Å². The Morgan fingerprint density at radius 3 is 2.78 bits per heavy atom. The normalized spacial score (nSPS) is 19.2. The summed E-state index contributed by atoms with van der Waals surface area (Å²) < 4.78 is 0. The second-order valence-corrected chi connectivity index (χ2v) is 8.50. The Bertz CT molecular complexity index is 943. The first-order valence-electron chi connectivity index (χ1n) is 9.70. The molecule has 0 spiro atoms. The van der Waals surface area contributed by atoms with E-state index in [0.29, 0.717) is 6.54 Å². The lowest BCUT2D eigenvalue weighted by Gasteiger charge is -2.37. The number of carbonyl (C=O) groups is 1. The van der Waals surface area contributed by atoms with Gasteiger partial charge in [-0.3, -0.25) is 9.69 Å². The second-order valence-electron chi connectivity index (χ2n) is 7.30. The molecular formula is C23H25NO2S. The number of piperidine rings is 1. The molecule has 1 saturated heterocycles. The Balaban J connectivity index is 1.82. The van der Waals surface area contributed by atoms with Crippen LogP contribution in [0.5, 0.6) is 0 Å². The quantitative estimate of drug-likeness (QED) is 0.650. The molecule has 2 aromatic carbocycles. The minimum absolute atomic E-state index is 0.114. The Kier molecular flexibility index (Phi) is 5.28. The van der Waals surface area contributed by atoms with Crippen molar-refractivity contribution in [1.29, 1.82) is 0 Å². The third-order valence-electron chi connectivity index (χ3n) is 5.59. The molecule has 3 nitrogen and oxygen atoms in total. The van der Waals surface area contributed by atoms with Gasteiger partial charge in [-0.15, -0.1) is 11.3 Å². The Morgan fingerprint density at radius 1 is 1.19 bits per heavy atom. The van der Waals surface area contributed by atoms with Crippen molar-refractivity contribution in [3.63, 3.8) is 0 Å². The van der Waals surface area contributed by atoms with Gasteiger partial charge in [0, 0.05) is 16.3 Å². The molecule has 2 heterocycles. The SMILES string of the molecule is CCc1ccc(C(c2cccc3ccccc23)N2CCCC(C(=O)O)C2)s1. The van der Waals surface area contributed by atoms with Crippen LogP contribution in [0.3, 0.4) is 0 Å². The highest BCUT2D eigenvalue weighted by molar-refractivity contribution is 7.12. The zero-order valence-electron chi connectivity index (χ0n) is 15.6. The lowest BCUT2D eigenvalue weighted by atomic mass is 9.92. The maximum absolute atomic E-state index is 11.6. The van der Waals surface area contributed by atoms with Crippen LogP contribution >= 0.6 is 11.3 Å². The number of aliphatic carboxylic acids is 1. The van der Waals surface area contributed by atoms with Crippen LogP contribution in [0.15, 0.2) is 54.6 Å². The standard InChI is InChI=1S/C23H25NO2S/c1-2-18-12-13-21(27-18)22(24-14-6-9-17(15-24)23(25)26)20-11-5-8-16-7-3-4-10-19(16)20/h3-5,7-8,10-13,17,22H,2,6,9,14-15H2,1H3,(H,25,26). The number of hydrogen-bond acceptors (Lipinski definition) is 3. The predicted octanol–water partition coefficient (Wildman–Crippen LogP) is 5.35. The fourth-order valence-corrected chi connectivity index (χ4v) is 5.30. The largest absolute Gasteiger partial charge is 0.481 e. The monoisotopic (exact) mass is 379 g/mol. The molecule has 0 bridgehead atoms. The Labute approximate surface area is 164 Å². The van der Waals surface area contributed by atoms with Crippen molar-refractivity contribution in [3.8, 4) is 0 Å². The van der Waals surface area contributed by atoms with Crippen LogP contribution in [-0.4, -0.2) is 29.1 Å². The van der Waals surface area contributed by atoms with Gasteiger partial charge >= 0.3 is 5.97 Å². The van der Waals surface area contributed by atoms with Crippen LogP contribution < -0.4 is 0 Å². The summed E-state index contributed by atoms with van der Waals surface area (Å²) in [5.41, 5.74) is 1.28. The van der Waals surface area contributed by atoms with E-state index in [-0.39, 0.29) is 12.0 Å². The van der Waals surface area contributed by atoms with Gasteiger partial charge in [0.05, 0.1) is 12.0 Å². The van der Waals surface area contributed by atoms with E-state index < -0.39 is 5.97 Å². The molecule has 1 aliphatic rings. The molecule has 1 aliphatic heterocycles. The number of carboxylic acid groups (broad SMARTS) is 1. The summed E-state index contributed by atoms with van der Waals surface area (Å²) in [6.07, 6.45) is 2.74. The van der Waals surface area contributed by atoms with E-state index in [1.807, 2.05) is 11.3 Å². The zero-order valence-corrected chi connectivity index (χ0v) is 16.4. The number of hydrogen-bond donors (Lipinski definition) is 1. The van der Waals surface area contributed by atoms with Crippen molar-refractivity contribution in [3.05, 3.63) is 69.9 Å². The first-order chi connectivity index (χ1) is 13.2. The van der Waals surface area contributed by atoms with Gasteiger partial charge in [-0.1, -0.05) is 49.4 Å². The van der Waals surface area contributed by atoms with E-state index in [1.165, 1.54) is 26.1 Å². The molecule has 0 radical (unpaired) electrons. The fraction of sp³-hybridized carbons (Fsp3) is 0.348. The van der Waals surface area contributed by atoms with E-state index in [9.17, 15) is 9.90 Å². The maximum atomic E-state index is 11.6. The predicted molar refractivity (Wildman–Crippen MR) is 111 cm³/mol. The molecule has 4 rings (SSSR count). The molecule has 2 unspecified atom stereocenters. The first-order valence-corrected chi connectivity index (χ1v) is 10.5. The van der Waals surface area contributed by atoms with Crippen LogP contribution in [0.2, 0.25) is 0 Å². The lowest BCUT2D eigenvalue weighted by Crippen LogP contribution is -2.41. The number of rotatable bonds is 5. The molecule has 3 aromatic rings. The van der Waals surface area contributed by atoms with Gasteiger partial charge in [-0.2, -0.15) is 0 Å². The molecule has 4 heteroatoms. The smallest absolute Gasteiger partial charge is 0.307 e. The summed E-state index contributed by atoms with van der Waals surface area (Å²) in [6, 6.07) is 19.6. The third-order valence-corrected chi connectivity index (χ3v) is 6.87. The third kappa shape index (κ3) is 3.64. The van der Waals surface area contributed by atoms with E-state index in [4.69, 9.17) is 0 Å². The summed E-state index contributed by atoms with van der Waals surface area (Å²) in [4.78, 5) is 16.7. The molecule has 0 saturated carbocycles. The molecule has 1 N–H and O–H groups in total. The van der Waals surface area contributed by atoms with Crippen LogP contribution in [0.25, 0.3) is 10.8 Å². The molecule has 1 aromatic heterocycles. The van der Waals surface area contributed by atoms with E-state index >= 15 is 0 Å². The average molecular weight is 380 g/mol. The summed E-state index contributed by atoms with van der Waals surface area (Å²) in [7, 11) is 0. The number of benzene rings is 2. The number of thiophene rings is 1. The average Bonchev–Trinajstić information content (AvgIpc) is 3.17. The zero-order chi connectivity index (χ0) is 18.8. The van der Waals surface area contributed by atoms with Crippen molar-refractivity contribution in [2.75, 3.05) is 13.1 Å². The maximum Gasteiger partial charge on any atom is 0.307 e. The van der Waals surface area contributed by atoms with Gasteiger partial charge in [0.1, 0.15) is 0 Å². The highest BCUT2D eigenvalue weighted by Gasteiger charge is 2.32. The van der Waals surface area contributed by atoms with E-state index in [0.717, 1.165) is 25.8 Å². The number of nitrogens with zero attached hydrogens (tertiary/aromatic N) is 1. The van der Waals surface area contributed by atoms with Gasteiger partial charge in [0.15, 0.2) is 0 Å². The van der Waals surface area contributed by atoms with Gasteiger partial charge < -0.3 is 5.11 Å². The Morgan fingerprint density at radius 2 is 2.00 bits per heavy atom. The van der Waals surface area contributed by atoms with Crippen LogP contribution in [0.4, 0.5) is 0 Å². The summed E-state index contributed by atoms with van der Waals surface area (Å²) >= 11 is 1.86. The van der Waals surface area contributed by atoms with Gasteiger partial charge in [-0.25, -0.2) is 0 Å². The summed E-state index contributed by atoms with van der Waals surface area (Å²) in [5, 5.41) is 12.1. The van der Waals surface area contributed by atoms with Gasteiger partial charge in [-0.05, 0) is 54.3 Å². The molecular weight excluding hydrogens is 354 g/mol. The van der Waals surface area contributed by atoms with Crippen molar-refractivity contribution < 1.29 is 9.90 Å². The van der Waals surface area contributed by atoms with Crippen molar-refractivity contribution in [1.82, 2.24) is 4.90 Å². The molecule has 27 heavy (non-hydrogen) atoms. The van der Waals surface area contributed by atoms with E-state index in [1.54, 1.807) is 0 Å². The minimum Gasteiger partial charge on any atom is -0.481 e. The molecule has 0 aliphatic carbocycles. The molecule has 1 fully saturated rings. The number of likely N-dealkylation sites (tertiary alicyclic amines) is 1. The highest BCUT2D eigenvalue weighted by atomic mass is 32.1. The van der Waals surface area contributed by atoms with Crippen LogP contribution in [-0.2, 0) is 11.2 Å². The lowest BCUT2D eigenvalue weighted by molar-refractivity contribution is -0.143. The molecule has 2 atom stereocenters. The first kappa shape index (κ1) is 18.2. The Hall–Kier alpha value is -2.17. The van der Waals surface area contributed by atoms with Crippen molar-refractivity contribution in [2.24, 2.45) is 5.92 Å². The van der Waals surface area contributed by atoms with Crippen LogP contribution in [0, 0.1) is 5.92 Å². The number of aryl methyl sites for hydroxylation is 1. The van der Waals surface area contributed by atoms with Gasteiger partial charge in [0.2, 0.25) is 0 Å².